The Kier molecular flexibility index (Phi) is 4.34. The molecule has 1 aromatic carbocycles. The van der Waals surface area contributed by atoms with Gasteiger partial charge >= 0.3 is 6.03 Å². The Morgan fingerprint density at radius 2 is 1.95 bits per heavy atom. The van der Waals surface area contributed by atoms with Gasteiger partial charge in [0.05, 0.1) is 12.2 Å². The van der Waals surface area contributed by atoms with Gasteiger partial charge in [0.1, 0.15) is 0 Å². The predicted octanol–water partition coefficient (Wildman–Crippen LogP) is 2.95. The molecule has 2 aromatic rings. The number of aryl methyl sites for hydroxylation is 1. The van der Waals surface area contributed by atoms with Crippen LogP contribution in [0.4, 0.5) is 4.79 Å². The van der Waals surface area contributed by atoms with Gasteiger partial charge in [0, 0.05) is 30.2 Å². The molecule has 3 rings (SSSR count). The van der Waals surface area contributed by atoms with E-state index in [0.717, 1.165) is 11.3 Å². The van der Waals surface area contributed by atoms with Crippen LogP contribution < -0.4 is 10.6 Å². The van der Waals surface area contributed by atoms with Crippen LogP contribution in [0.2, 0.25) is 5.02 Å². The summed E-state index contributed by atoms with van der Waals surface area (Å²) in [6.45, 7) is 0.908. The molecule has 22 heavy (non-hydrogen) atoms. The van der Waals surface area contributed by atoms with E-state index >= 15 is 0 Å². The van der Waals surface area contributed by atoms with Gasteiger partial charge in [0.25, 0.3) is 0 Å². The summed E-state index contributed by atoms with van der Waals surface area (Å²) in [7, 11) is 1.96. The lowest BCUT2D eigenvalue weighted by Gasteiger charge is -2.06. The van der Waals surface area contributed by atoms with E-state index in [-0.39, 0.29) is 6.03 Å². The standard InChI is InChI=1S/C16H19ClN4O/c1-21-15(12-4-5-12)8-14(20-21)10-19-16(22)18-9-11-2-6-13(17)7-3-11/h2-3,6-8,12H,4-5,9-10H2,1H3,(H2,18,19,22). The molecule has 2 amide bonds. The van der Waals surface area contributed by atoms with E-state index in [9.17, 15) is 4.79 Å². The lowest BCUT2D eigenvalue weighted by molar-refractivity contribution is 0.240. The fourth-order valence-corrected chi connectivity index (χ4v) is 2.53. The first-order chi connectivity index (χ1) is 10.6. The quantitative estimate of drug-likeness (QED) is 0.890. The summed E-state index contributed by atoms with van der Waals surface area (Å²) in [4.78, 5) is 11.8. The lowest BCUT2D eigenvalue weighted by Crippen LogP contribution is -2.34. The van der Waals surface area contributed by atoms with Crippen molar-refractivity contribution < 1.29 is 4.79 Å². The molecule has 1 aliphatic carbocycles. The van der Waals surface area contributed by atoms with Gasteiger partial charge in [-0.3, -0.25) is 4.68 Å². The maximum absolute atomic E-state index is 11.8. The number of carbonyl (C=O) groups is 1. The molecular weight excluding hydrogens is 300 g/mol. The van der Waals surface area contributed by atoms with Crippen molar-refractivity contribution in [2.75, 3.05) is 0 Å². The van der Waals surface area contributed by atoms with Crippen LogP contribution in [0.5, 0.6) is 0 Å². The summed E-state index contributed by atoms with van der Waals surface area (Å²) in [5.74, 6) is 0.657. The zero-order valence-electron chi connectivity index (χ0n) is 12.5. The van der Waals surface area contributed by atoms with Crippen molar-refractivity contribution in [1.82, 2.24) is 20.4 Å². The normalized spacial score (nSPS) is 13.9. The minimum absolute atomic E-state index is 0.200. The third-order valence-electron chi connectivity index (χ3n) is 3.76. The maximum Gasteiger partial charge on any atom is 0.315 e. The van der Waals surface area contributed by atoms with E-state index in [1.165, 1.54) is 18.5 Å². The fourth-order valence-electron chi connectivity index (χ4n) is 2.41. The van der Waals surface area contributed by atoms with Gasteiger partial charge in [-0.2, -0.15) is 5.10 Å². The van der Waals surface area contributed by atoms with E-state index in [0.29, 0.717) is 24.0 Å². The highest BCUT2D eigenvalue weighted by atomic mass is 35.5. The van der Waals surface area contributed by atoms with Crippen molar-refractivity contribution in [3.05, 3.63) is 52.3 Å². The minimum atomic E-state index is -0.200. The van der Waals surface area contributed by atoms with Gasteiger partial charge in [-0.1, -0.05) is 23.7 Å². The number of urea groups is 1. The Morgan fingerprint density at radius 3 is 2.64 bits per heavy atom. The number of amides is 2. The first kappa shape index (κ1) is 14.9. The number of hydrogen-bond donors (Lipinski definition) is 2. The first-order valence-corrected chi connectivity index (χ1v) is 7.78. The Balaban J connectivity index is 1.45. The molecule has 1 aromatic heterocycles. The number of hydrogen-bond acceptors (Lipinski definition) is 2. The molecule has 0 aliphatic heterocycles. The molecule has 0 saturated heterocycles. The van der Waals surface area contributed by atoms with E-state index in [1.54, 1.807) is 0 Å². The fraction of sp³-hybridized carbons (Fsp3) is 0.375. The Morgan fingerprint density at radius 1 is 1.27 bits per heavy atom. The lowest BCUT2D eigenvalue weighted by atomic mass is 10.2. The third kappa shape index (κ3) is 3.80. The second-order valence-corrected chi connectivity index (χ2v) is 6.06. The number of rotatable bonds is 5. The van der Waals surface area contributed by atoms with Crippen molar-refractivity contribution in [3.8, 4) is 0 Å². The molecule has 1 fully saturated rings. The van der Waals surface area contributed by atoms with E-state index < -0.39 is 0 Å². The number of benzene rings is 1. The van der Waals surface area contributed by atoms with Crippen molar-refractivity contribution in [1.29, 1.82) is 0 Å². The number of nitrogens with one attached hydrogen (secondary N) is 2. The number of carbonyl (C=O) groups excluding carboxylic acids is 1. The van der Waals surface area contributed by atoms with Crippen LogP contribution in [0.3, 0.4) is 0 Å². The van der Waals surface area contributed by atoms with E-state index in [1.807, 2.05) is 36.0 Å². The SMILES string of the molecule is Cn1nc(CNC(=O)NCc2ccc(Cl)cc2)cc1C1CC1. The Labute approximate surface area is 134 Å². The highest BCUT2D eigenvalue weighted by Gasteiger charge is 2.27. The van der Waals surface area contributed by atoms with Gasteiger partial charge in [0.15, 0.2) is 0 Å². The van der Waals surface area contributed by atoms with Gasteiger partial charge in [-0.25, -0.2) is 4.79 Å². The molecule has 1 heterocycles. The Bertz CT molecular complexity index is 661. The second kappa shape index (κ2) is 6.40. The van der Waals surface area contributed by atoms with Crippen molar-refractivity contribution >= 4 is 17.6 Å². The predicted molar refractivity (Wildman–Crippen MR) is 85.7 cm³/mol. The number of aromatic nitrogens is 2. The van der Waals surface area contributed by atoms with E-state index in [2.05, 4.69) is 21.8 Å². The average molecular weight is 319 g/mol. The van der Waals surface area contributed by atoms with Crippen LogP contribution in [0.25, 0.3) is 0 Å². The molecule has 2 N–H and O–H groups in total. The molecule has 0 spiro atoms. The summed E-state index contributed by atoms with van der Waals surface area (Å²) >= 11 is 5.82. The summed E-state index contributed by atoms with van der Waals surface area (Å²) in [6.07, 6.45) is 2.49. The minimum Gasteiger partial charge on any atom is -0.334 e. The number of halogens is 1. The maximum atomic E-state index is 11.8. The van der Waals surface area contributed by atoms with Gasteiger partial charge in [0.2, 0.25) is 0 Å². The van der Waals surface area contributed by atoms with Crippen LogP contribution >= 0.6 is 11.6 Å². The van der Waals surface area contributed by atoms with Crippen LogP contribution in [-0.4, -0.2) is 15.8 Å². The van der Waals surface area contributed by atoms with Crippen molar-refractivity contribution in [2.45, 2.75) is 31.8 Å². The molecule has 6 heteroatoms. The molecular formula is C16H19ClN4O. The van der Waals surface area contributed by atoms with Crippen LogP contribution in [0, 0.1) is 0 Å². The molecule has 0 atom stereocenters. The third-order valence-corrected chi connectivity index (χ3v) is 4.01. The van der Waals surface area contributed by atoms with E-state index in [4.69, 9.17) is 11.6 Å². The molecule has 5 nitrogen and oxygen atoms in total. The molecule has 0 unspecified atom stereocenters. The zero-order valence-corrected chi connectivity index (χ0v) is 13.2. The molecule has 1 aliphatic rings. The van der Waals surface area contributed by atoms with Crippen LogP contribution in [-0.2, 0) is 20.1 Å². The van der Waals surface area contributed by atoms with Crippen LogP contribution in [0.1, 0.15) is 35.7 Å². The summed E-state index contributed by atoms with van der Waals surface area (Å²) in [5.41, 5.74) is 3.16. The second-order valence-electron chi connectivity index (χ2n) is 5.62. The van der Waals surface area contributed by atoms with Crippen LogP contribution in [0.15, 0.2) is 30.3 Å². The average Bonchev–Trinajstić information content (AvgIpc) is 3.28. The molecule has 0 radical (unpaired) electrons. The first-order valence-electron chi connectivity index (χ1n) is 7.41. The highest BCUT2D eigenvalue weighted by molar-refractivity contribution is 6.30. The van der Waals surface area contributed by atoms with Crippen molar-refractivity contribution in [2.24, 2.45) is 7.05 Å². The largest absolute Gasteiger partial charge is 0.334 e. The van der Waals surface area contributed by atoms with Crippen molar-refractivity contribution in [3.63, 3.8) is 0 Å². The Hall–Kier alpha value is -2.01. The smallest absolute Gasteiger partial charge is 0.315 e. The monoisotopic (exact) mass is 318 g/mol. The zero-order chi connectivity index (χ0) is 15.5. The summed E-state index contributed by atoms with van der Waals surface area (Å²) < 4.78 is 1.92. The van der Waals surface area contributed by atoms with Gasteiger partial charge in [-0.15, -0.1) is 0 Å². The number of nitrogens with zero attached hydrogens (tertiary/aromatic N) is 2. The van der Waals surface area contributed by atoms with Gasteiger partial charge < -0.3 is 10.6 Å². The molecule has 0 bridgehead atoms. The van der Waals surface area contributed by atoms with Gasteiger partial charge in [-0.05, 0) is 36.6 Å². The topological polar surface area (TPSA) is 59.0 Å². The highest BCUT2D eigenvalue weighted by Crippen LogP contribution is 2.39. The molecule has 1 saturated carbocycles. The summed E-state index contributed by atoms with van der Waals surface area (Å²) in [5, 5.41) is 10.8. The summed E-state index contributed by atoms with van der Waals surface area (Å²) in [6, 6.07) is 9.28. The molecule has 116 valence electrons.